The maximum atomic E-state index is 15.1. The Morgan fingerprint density at radius 1 is 1.13 bits per heavy atom. The van der Waals surface area contributed by atoms with Gasteiger partial charge in [0.2, 0.25) is 0 Å². The predicted molar refractivity (Wildman–Crippen MR) is 84.2 cm³/mol. The second kappa shape index (κ2) is 5.05. The molecule has 1 unspecified atom stereocenters. The number of nitrogens with zero attached hydrogens (tertiary/aromatic N) is 1. The first-order valence-corrected chi connectivity index (χ1v) is 7.72. The minimum absolute atomic E-state index is 0.0517. The van der Waals surface area contributed by atoms with Crippen LogP contribution in [0.25, 0.3) is 10.8 Å². The maximum absolute atomic E-state index is 15.1. The summed E-state index contributed by atoms with van der Waals surface area (Å²) in [6.45, 7) is 0.601. The van der Waals surface area contributed by atoms with Crippen molar-refractivity contribution in [3.05, 3.63) is 59.8 Å². The number of nitrogens with one attached hydrogen (secondary N) is 1. The smallest absolute Gasteiger partial charge is 0.322 e. The van der Waals surface area contributed by atoms with Gasteiger partial charge in [0.1, 0.15) is 6.04 Å². The number of amides is 2. The first-order valence-electron chi connectivity index (χ1n) is 7.72. The Balaban J connectivity index is 1.80. The molecule has 0 bridgehead atoms. The van der Waals surface area contributed by atoms with Crippen LogP contribution < -0.4 is 5.32 Å². The van der Waals surface area contributed by atoms with E-state index in [0.717, 1.165) is 11.8 Å². The van der Waals surface area contributed by atoms with E-state index in [0.29, 0.717) is 24.0 Å². The van der Waals surface area contributed by atoms with Crippen molar-refractivity contribution in [2.45, 2.75) is 24.8 Å². The van der Waals surface area contributed by atoms with Crippen LogP contribution in [-0.4, -0.2) is 23.5 Å². The van der Waals surface area contributed by atoms with E-state index in [1.165, 1.54) is 12.1 Å². The zero-order valence-electron chi connectivity index (χ0n) is 12.4. The summed E-state index contributed by atoms with van der Waals surface area (Å²) in [5.74, 6) is -3.17. The number of alkyl halides is 2. The molecule has 2 amide bonds. The van der Waals surface area contributed by atoms with Gasteiger partial charge in [-0.1, -0.05) is 42.5 Å². The van der Waals surface area contributed by atoms with Gasteiger partial charge < -0.3 is 5.32 Å². The van der Waals surface area contributed by atoms with Crippen LogP contribution in [0.3, 0.4) is 0 Å². The Morgan fingerprint density at radius 2 is 1.91 bits per heavy atom. The van der Waals surface area contributed by atoms with Gasteiger partial charge in [0.25, 0.3) is 5.92 Å². The van der Waals surface area contributed by atoms with Crippen molar-refractivity contribution >= 4 is 16.8 Å². The number of hydrogen-bond donors (Lipinski definition) is 1. The van der Waals surface area contributed by atoms with Crippen molar-refractivity contribution < 1.29 is 13.6 Å². The standard InChI is InChI=1S/C18H16F2N2O/c19-18(20,15-9-3-6-12-5-1-2-8-14(12)15)16-11-13-7-4-10-22(13)17(23)21-16/h1-3,5-6,8-9,11,16H,4,7,10H2,(H,21,23). The molecule has 1 atom stereocenters. The van der Waals surface area contributed by atoms with Crippen LogP contribution in [0.15, 0.2) is 54.2 Å². The third-order valence-corrected chi connectivity index (χ3v) is 4.58. The molecule has 0 spiro atoms. The van der Waals surface area contributed by atoms with Crippen LogP contribution >= 0.6 is 0 Å². The molecule has 0 aromatic heterocycles. The molecule has 0 aliphatic carbocycles. The monoisotopic (exact) mass is 314 g/mol. The van der Waals surface area contributed by atoms with Gasteiger partial charge in [-0.3, -0.25) is 4.90 Å². The minimum Gasteiger partial charge on any atom is -0.325 e. The normalized spacial score (nSPS) is 21.1. The number of fused-ring (bicyclic) bond motifs is 2. The van der Waals surface area contributed by atoms with E-state index in [2.05, 4.69) is 5.32 Å². The molecule has 0 radical (unpaired) electrons. The average Bonchev–Trinajstić information content (AvgIpc) is 3.03. The summed E-state index contributed by atoms with van der Waals surface area (Å²) in [5.41, 5.74) is 0.655. The molecule has 23 heavy (non-hydrogen) atoms. The van der Waals surface area contributed by atoms with E-state index >= 15 is 8.78 Å². The van der Waals surface area contributed by atoms with Crippen molar-refractivity contribution in [2.75, 3.05) is 6.54 Å². The Hall–Kier alpha value is -2.43. The topological polar surface area (TPSA) is 32.3 Å². The molecule has 2 aliphatic rings. The lowest BCUT2D eigenvalue weighted by Gasteiger charge is -2.33. The van der Waals surface area contributed by atoms with Crippen LogP contribution in [-0.2, 0) is 5.92 Å². The highest BCUT2D eigenvalue weighted by Gasteiger charge is 2.45. The van der Waals surface area contributed by atoms with E-state index in [9.17, 15) is 4.79 Å². The average molecular weight is 314 g/mol. The van der Waals surface area contributed by atoms with Crippen molar-refractivity contribution in [3.8, 4) is 0 Å². The van der Waals surface area contributed by atoms with Crippen LogP contribution in [0.5, 0.6) is 0 Å². The molecular weight excluding hydrogens is 298 g/mol. The molecule has 118 valence electrons. The van der Waals surface area contributed by atoms with Crippen LogP contribution in [0, 0.1) is 0 Å². The molecule has 0 saturated carbocycles. The number of hydrogen-bond acceptors (Lipinski definition) is 1. The first-order chi connectivity index (χ1) is 11.1. The highest BCUT2D eigenvalue weighted by molar-refractivity contribution is 5.87. The molecule has 5 heteroatoms. The Bertz CT molecular complexity index is 810. The third kappa shape index (κ3) is 2.19. The van der Waals surface area contributed by atoms with Gasteiger partial charge in [-0.05, 0) is 29.7 Å². The number of carbonyl (C=O) groups is 1. The number of rotatable bonds is 2. The fourth-order valence-corrected chi connectivity index (χ4v) is 3.43. The van der Waals surface area contributed by atoms with Gasteiger partial charge in [-0.25, -0.2) is 4.79 Å². The van der Waals surface area contributed by atoms with Crippen LogP contribution in [0.4, 0.5) is 13.6 Å². The molecule has 3 nitrogen and oxygen atoms in total. The van der Waals surface area contributed by atoms with Gasteiger partial charge in [0.15, 0.2) is 0 Å². The van der Waals surface area contributed by atoms with Crippen molar-refractivity contribution in [1.82, 2.24) is 10.2 Å². The molecule has 2 heterocycles. The van der Waals surface area contributed by atoms with Gasteiger partial charge in [-0.2, -0.15) is 8.78 Å². The number of benzene rings is 2. The molecule has 1 fully saturated rings. The summed E-state index contributed by atoms with van der Waals surface area (Å²) in [6.07, 6.45) is 3.01. The van der Waals surface area contributed by atoms with E-state index < -0.39 is 18.0 Å². The second-order valence-corrected chi connectivity index (χ2v) is 5.99. The summed E-state index contributed by atoms with van der Waals surface area (Å²) >= 11 is 0. The summed E-state index contributed by atoms with van der Waals surface area (Å²) in [7, 11) is 0. The van der Waals surface area contributed by atoms with Gasteiger partial charge >= 0.3 is 6.03 Å². The van der Waals surface area contributed by atoms with Crippen molar-refractivity contribution in [3.63, 3.8) is 0 Å². The van der Waals surface area contributed by atoms with E-state index in [4.69, 9.17) is 0 Å². The number of allylic oxidation sites excluding steroid dienone is 1. The lowest BCUT2D eigenvalue weighted by Crippen LogP contribution is -2.52. The van der Waals surface area contributed by atoms with E-state index in [1.807, 2.05) is 18.2 Å². The second-order valence-electron chi connectivity index (χ2n) is 5.99. The van der Waals surface area contributed by atoms with Gasteiger partial charge in [-0.15, -0.1) is 0 Å². The number of urea groups is 1. The molecule has 2 aromatic carbocycles. The van der Waals surface area contributed by atoms with Gasteiger partial charge in [0.05, 0.1) is 0 Å². The molecule has 1 N–H and O–H groups in total. The molecule has 1 saturated heterocycles. The highest BCUT2D eigenvalue weighted by Crippen LogP contribution is 2.39. The molecule has 4 rings (SSSR count). The van der Waals surface area contributed by atoms with Crippen LogP contribution in [0.2, 0.25) is 0 Å². The Labute approximate surface area is 132 Å². The quantitative estimate of drug-likeness (QED) is 0.892. The number of halogens is 2. The predicted octanol–water partition coefficient (Wildman–Crippen LogP) is 4.00. The minimum atomic E-state index is -3.17. The highest BCUT2D eigenvalue weighted by atomic mass is 19.3. The molecule has 2 aliphatic heterocycles. The Kier molecular flexibility index (Phi) is 3.11. The maximum Gasteiger partial charge on any atom is 0.322 e. The zero-order chi connectivity index (χ0) is 16.0. The first kappa shape index (κ1) is 14.2. The van der Waals surface area contributed by atoms with Crippen LogP contribution in [0.1, 0.15) is 18.4 Å². The lowest BCUT2D eigenvalue weighted by molar-refractivity contribution is -0.0265. The van der Waals surface area contributed by atoms with Crippen molar-refractivity contribution in [2.24, 2.45) is 0 Å². The number of carbonyl (C=O) groups excluding carboxylic acids is 1. The van der Waals surface area contributed by atoms with E-state index in [1.54, 1.807) is 23.1 Å². The van der Waals surface area contributed by atoms with E-state index in [-0.39, 0.29) is 5.56 Å². The summed E-state index contributed by atoms with van der Waals surface area (Å²) < 4.78 is 30.2. The summed E-state index contributed by atoms with van der Waals surface area (Å²) in [4.78, 5) is 13.6. The third-order valence-electron chi connectivity index (χ3n) is 4.58. The fourth-order valence-electron chi connectivity index (χ4n) is 3.43. The Morgan fingerprint density at radius 3 is 2.78 bits per heavy atom. The lowest BCUT2D eigenvalue weighted by atomic mass is 9.94. The SMILES string of the molecule is O=C1NC(C(F)(F)c2cccc3ccccc23)C=C2CCCN12. The van der Waals surface area contributed by atoms with Gasteiger partial charge in [0, 0.05) is 17.8 Å². The largest absolute Gasteiger partial charge is 0.325 e. The fraction of sp³-hybridized carbons (Fsp3) is 0.278. The zero-order valence-corrected chi connectivity index (χ0v) is 12.4. The molecular formula is C18H16F2N2O. The summed E-state index contributed by atoms with van der Waals surface area (Å²) in [5, 5.41) is 3.73. The summed E-state index contributed by atoms with van der Waals surface area (Å²) in [6, 6.07) is 10.2. The van der Waals surface area contributed by atoms with Crippen molar-refractivity contribution in [1.29, 1.82) is 0 Å². The molecule has 2 aromatic rings.